The first kappa shape index (κ1) is 115. The Bertz CT molecular complexity index is 13.7. The average Bonchev–Trinajstić information content (AvgIpc) is 1.50. The molecule has 2 N–H and O–H groups in total. The fourth-order valence-electron chi connectivity index (χ4n) is 0. The predicted octanol–water partition coefficient (Wildman–Crippen LogP) is 2.22. The van der Waals surface area contributed by atoms with Crippen LogP contribution in [0.1, 0.15) is 13.8 Å². The van der Waals surface area contributed by atoms with Crippen molar-refractivity contribution in [2.75, 3.05) is 0 Å². The zero-order valence-electron chi connectivity index (χ0n) is 7.02. The molecule has 0 aromatic heterocycles. The van der Waals surface area contributed by atoms with Crippen molar-refractivity contribution in [1.29, 1.82) is 0 Å². The van der Waals surface area contributed by atoms with Crippen LogP contribution in [0.15, 0.2) is 0 Å². The van der Waals surface area contributed by atoms with Gasteiger partial charge in [0.25, 0.3) is 0 Å². The van der Waals surface area contributed by atoms with Crippen LogP contribution < -0.4 is 0 Å². The summed E-state index contributed by atoms with van der Waals surface area (Å²) in [5.41, 5.74) is 0. The monoisotopic (exact) mass is 326 g/mol. The Kier molecular flexibility index (Phi) is 7220. The molecule has 0 rings (SSSR count). The molecule has 2 nitrogen and oxygen atoms in total. The van der Waals surface area contributed by atoms with Crippen molar-refractivity contribution in [2.24, 2.45) is 0 Å². The van der Waals surface area contributed by atoms with Gasteiger partial charge >= 0.3 is 39.0 Å². The molecule has 72 valence electrons. The van der Waals surface area contributed by atoms with E-state index in [0.717, 1.165) is 0 Å². The van der Waals surface area contributed by atoms with Gasteiger partial charge in [-0.3, -0.25) is 0 Å². The van der Waals surface area contributed by atoms with Gasteiger partial charge in [-0.15, -0.1) is 0 Å². The molecule has 0 aliphatic carbocycles. The van der Waals surface area contributed by atoms with Crippen LogP contribution in [0.3, 0.4) is 0 Å². The van der Waals surface area contributed by atoms with Crippen LogP contribution in [0, 0.1) is 28.7 Å². The van der Waals surface area contributed by atoms with E-state index in [-0.39, 0.29) is 64.8 Å². The van der Waals surface area contributed by atoms with Crippen molar-refractivity contribution in [1.82, 2.24) is 0 Å². The summed E-state index contributed by atoms with van der Waals surface area (Å²) in [5, 5.41) is 0. The van der Waals surface area contributed by atoms with E-state index in [2.05, 4.69) is 13.8 Å². The average molecular weight is 324 g/mol. The van der Waals surface area contributed by atoms with Crippen molar-refractivity contribution in [2.45, 2.75) is 13.8 Å². The van der Waals surface area contributed by atoms with Gasteiger partial charge in [0.15, 0.2) is 0 Å². The second-order valence-corrected chi connectivity index (χ2v) is 0. The van der Waals surface area contributed by atoms with E-state index < -0.39 is 0 Å². The summed E-state index contributed by atoms with van der Waals surface area (Å²) in [5.74, 6) is 0. The van der Waals surface area contributed by atoms with Gasteiger partial charge in [0, 0.05) is 0 Å². The Morgan fingerprint density at radius 1 is 0.600 bits per heavy atom. The largest absolute Gasteiger partial charge is 2.00 e. The van der Waals surface area contributed by atoms with Gasteiger partial charge in [0.1, 0.15) is 0 Å². The Balaban J connectivity index is -0.000000000833. The van der Waals surface area contributed by atoms with Crippen molar-refractivity contribution in [3.63, 3.8) is 0 Å². The van der Waals surface area contributed by atoms with Gasteiger partial charge < -0.3 is 39.7 Å². The molecule has 0 fully saturated rings. The number of rotatable bonds is 0. The molecular weight excluding hydrogens is 306 g/mol. The summed E-state index contributed by atoms with van der Waals surface area (Å²) in [6, 6.07) is 0. The van der Waals surface area contributed by atoms with Crippen molar-refractivity contribution < 1.29 is 49.9 Å². The van der Waals surface area contributed by atoms with E-state index in [1.54, 1.807) is 13.8 Å². The maximum Gasteiger partial charge on any atom is 2.00 e. The Labute approximate surface area is 92.3 Å². The molecule has 0 saturated heterocycles. The molecule has 0 aromatic carbocycles. The third-order valence-corrected chi connectivity index (χ3v) is 0. The summed E-state index contributed by atoms with van der Waals surface area (Å²) < 4.78 is 0. The van der Waals surface area contributed by atoms with Gasteiger partial charge in [0.2, 0.25) is 0 Å². The summed E-state index contributed by atoms with van der Waals surface area (Å²) >= 11 is 0. The van der Waals surface area contributed by atoms with E-state index in [4.69, 9.17) is 0 Å². The predicted molar refractivity (Wildman–Crippen MR) is 38.8 cm³/mol. The summed E-state index contributed by atoms with van der Waals surface area (Å²) in [7, 11) is 0. The molecule has 0 unspecified atom stereocenters. The van der Waals surface area contributed by atoms with Gasteiger partial charge in [-0.1, -0.05) is 0 Å². The summed E-state index contributed by atoms with van der Waals surface area (Å²) in [4.78, 5) is 0. The van der Waals surface area contributed by atoms with Crippen LogP contribution in [-0.2, 0) is 39.0 Å². The maximum absolute atomic E-state index is 3.25. The fraction of sp³-hybridized carbons (Fsp3) is 0.333. The normalized spacial score (nSPS) is 1.20. The van der Waals surface area contributed by atoms with E-state index in [0.29, 0.717) is 0 Å². The first-order valence-corrected chi connectivity index (χ1v) is 1.41. The SMILES string of the molecule is [CH2-]C.[CH2-]C.[CH3-].[CH3-].[OH-].[OH-].[Ru+2].[Ru+2]. The quantitative estimate of drug-likeness (QED) is 0.507. The van der Waals surface area contributed by atoms with Crippen molar-refractivity contribution >= 4 is 0 Å². The smallest absolute Gasteiger partial charge is 0.870 e. The second kappa shape index (κ2) is 628. The van der Waals surface area contributed by atoms with E-state index in [1.165, 1.54) is 0 Å². The molecule has 0 amide bonds. The Morgan fingerprint density at radius 2 is 0.600 bits per heavy atom. The minimum Gasteiger partial charge on any atom is -0.870 e. The Morgan fingerprint density at radius 3 is 0.600 bits per heavy atom. The van der Waals surface area contributed by atoms with Gasteiger partial charge in [-0.2, -0.15) is 13.8 Å². The van der Waals surface area contributed by atoms with Gasteiger partial charge in [0.05, 0.1) is 0 Å². The molecule has 0 aliphatic heterocycles. The molecule has 4 heteroatoms. The molecule has 0 saturated carbocycles. The zero-order valence-corrected chi connectivity index (χ0v) is 10.5. The minimum atomic E-state index is 0. The first-order chi connectivity index (χ1) is 2.00. The fourth-order valence-corrected chi connectivity index (χ4v) is 0. The number of hydrogen-bond acceptors (Lipinski definition) is 2. The van der Waals surface area contributed by atoms with Crippen LogP contribution in [0.2, 0.25) is 0 Å². The summed E-state index contributed by atoms with van der Waals surface area (Å²) in [6.07, 6.45) is 0. The van der Waals surface area contributed by atoms with Crippen LogP contribution in [0.5, 0.6) is 0 Å². The molecule has 0 heterocycles. The zero-order chi connectivity index (χ0) is 4.00. The van der Waals surface area contributed by atoms with E-state index >= 15 is 0 Å². The molecule has 0 aromatic rings. The molecule has 0 aliphatic rings. The molecule has 0 atom stereocenters. The number of hydrogen-bond donors (Lipinski definition) is 0. The van der Waals surface area contributed by atoms with Gasteiger partial charge in [-0.05, 0) is 0 Å². The molecule has 10 heavy (non-hydrogen) atoms. The topological polar surface area (TPSA) is 60.0 Å². The first-order valence-electron chi connectivity index (χ1n) is 1.41. The third kappa shape index (κ3) is 449. The molecule has 0 bridgehead atoms. The third-order valence-electron chi connectivity index (χ3n) is 0. The second-order valence-electron chi connectivity index (χ2n) is 0. The summed E-state index contributed by atoms with van der Waals surface area (Å²) in [6.45, 7) is 10.0. The van der Waals surface area contributed by atoms with Crippen molar-refractivity contribution in [3.8, 4) is 0 Å². The van der Waals surface area contributed by atoms with Crippen LogP contribution >= 0.6 is 0 Å². The van der Waals surface area contributed by atoms with Crippen LogP contribution in [0.25, 0.3) is 0 Å². The van der Waals surface area contributed by atoms with Crippen LogP contribution in [0.4, 0.5) is 0 Å². The van der Waals surface area contributed by atoms with Crippen molar-refractivity contribution in [3.05, 3.63) is 28.7 Å². The standard InChI is InChI=1S/2C2H5.2CH3.2H2O.2Ru/c2*1-2;;;;;;/h2*1H2,2H3;2*1H3;2*1H2;;/q4*-1;;;2*+2/p-2. The Hall–Kier alpha value is 1.17. The molecular formula is C6H18O2Ru2-2. The molecule has 0 radical (unpaired) electrons. The van der Waals surface area contributed by atoms with Crippen LogP contribution in [-0.4, -0.2) is 11.0 Å². The van der Waals surface area contributed by atoms with Gasteiger partial charge in [-0.25, -0.2) is 0 Å². The maximum atomic E-state index is 3.25. The molecule has 0 spiro atoms. The van der Waals surface area contributed by atoms with E-state index in [9.17, 15) is 0 Å². The van der Waals surface area contributed by atoms with E-state index in [1.807, 2.05) is 0 Å². The minimum absolute atomic E-state index is 0.